The van der Waals surface area contributed by atoms with Crippen LogP contribution in [0.25, 0.3) is 11.3 Å². The lowest BCUT2D eigenvalue weighted by atomic mass is 10.1. The molecule has 30 heavy (non-hydrogen) atoms. The molecule has 0 saturated heterocycles. The number of hydrogen-bond acceptors (Lipinski definition) is 4. The summed E-state index contributed by atoms with van der Waals surface area (Å²) in [6.45, 7) is 4.34. The zero-order valence-electron chi connectivity index (χ0n) is 16.6. The Bertz CT molecular complexity index is 1110. The molecule has 0 saturated carbocycles. The van der Waals surface area contributed by atoms with E-state index in [1.165, 1.54) is 0 Å². The molecule has 4 rings (SSSR count). The second-order valence-electron chi connectivity index (χ2n) is 6.99. The fourth-order valence-corrected chi connectivity index (χ4v) is 3.67. The van der Waals surface area contributed by atoms with Crippen molar-refractivity contribution in [1.82, 2.24) is 9.78 Å². The molecule has 3 aromatic rings. The smallest absolute Gasteiger partial charge is 0.249 e. The molecule has 0 radical (unpaired) electrons. The minimum atomic E-state index is -0.757. The minimum Gasteiger partial charge on any atom is -0.494 e. The van der Waals surface area contributed by atoms with Crippen LogP contribution in [0.2, 0.25) is 5.02 Å². The fourth-order valence-electron chi connectivity index (χ4n) is 3.48. The predicted molar refractivity (Wildman–Crippen MR) is 116 cm³/mol. The summed E-state index contributed by atoms with van der Waals surface area (Å²) in [5.74, 6) is 0.710. The molecule has 2 amide bonds. The third-order valence-electron chi connectivity index (χ3n) is 4.91. The highest BCUT2D eigenvalue weighted by Gasteiger charge is 2.34. The molecule has 0 spiro atoms. The summed E-state index contributed by atoms with van der Waals surface area (Å²) < 4.78 is 7.00. The van der Waals surface area contributed by atoms with Crippen molar-refractivity contribution in [2.24, 2.45) is 0 Å². The second kappa shape index (κ2) is 8.20. The lowest BCUT2D eigenvalue weighted by Gasteiger charge is -2.24. The Kier molecular flexibility index (Phi) is 5.46. The number of carbonyl (C=O) groups excluding carboxylic acids is 2. The summed E-state index contributed by atoms with van der Waals surface area (Å²) in [4.78, 5) is 25.3. The van der Waals surface area contributed by atoms with Gasteiger partial charge in [-0.1, -0.05) is 23.7 Å². The van der Waals surface area contributed by atoms with E-state index in [0.29, 0.717) is 28.8 Å². The Balaban J connectivity index is 1.63. The monoisotopic (exact) mass is 424 g/mol. The van der Waals surface area contributed by atoms with E-state index in [4.69, 9.17) is 16.3 Å². The van der Waals surface area contributed by atoms with Gasteiger partial charge in [0.15, 0.2) is 0 Å². The third kappa shape index (κ3) is 3.89. The van der Waals surface area contributed by atoms with Crippen molar-refractivity contribution in [3.8, 4) is 17.0 Å². The maximum absolute atomic E-state index is 13.0. The van der Waals surface area contributed by atoms with Gasteiger partial charge in [-0.2, -0.15) is 5.10 Å². The number of amides is 2. The van der Waals surface area contributed by atoms with E-state index >= 15 is 0 Å². The molecule has 0 unspecified atom stereocenters. The van der Waals surface area contributed by atoms with Gasteiger partial charge in [0, 0.05) is 21.8 Å². The SMILES string of the molecule is CCOc1ccc(NC(=O)[C@@H]2CC(=O)Nc3c(C)c(-c4cccc(Cl)c4)nn32)cc1. The topological polar surface area (TPSA) is 85.2 Å². The molecule has 2 aromatic carbocycles. The van der Waals surface area contributed by atoms with Crippen LogP contribution in [0.3, 0.4) is 0 Å². The van der Waals surface area contributed by atoms with E-state index < -0.39 is 6.04 Å². The normalized spacial score (nSPS) is 15.3. The number of ether oxygens (including phenoxy) is 1. The number of nitrogens with one attached hydrogen (secondary N) is 2. The van der Waals surface area contributed by atoms with Gasteiger partial charge in [0.25, 0.3) is 0 Å². The zero-order chi connectivity index (χ0) is 21.3. The Labute approximate surface area is 179 Å². The van der Waals surface area contributed by atoms with E-state index in [0.717, 1.165) is 16.9 Å². The number of nitrogens with zero attached hydrogens (tertiary/aromatic N) is 2. The van der Waals surface area contributed by atoms with Crippen molar-refractivity contribution < 1.29 is 14.3 Å². The molecule has 0 aliphatic carbocycles. The van der Waals surface area contributed by atoms with Gasteiger partial charge in [0.2, 0.25) is 11.8 Å². The number of hydrogen-bond donors (Lipinski definition) is 2. The molecular weight excluding hydrogens is 404 g/mol. The fraction of sp³-hybridized carbons (Fsp3) is 0.227. The van der Waals surface area contributed by atoms with E-state index in [1.54, 1.807) is 41.1 Å². The molecule has 154 valence electrons. The molecule has 0 fully saturated rings. The molecule has 0 bridgehead atoms. The predicted octanol–water partition coefficient (Wildman–Crippen LogP) is 4.43. The number of aromatic nitrogens is 2. The summed E-state index contributed by atoms with van der Waals surface area (Å²) in [6.07, 6.45) is 0.00592. The number of carbonyl (C=O) groups is 2. The molecular formula is C22H21ClN4O3. The van der Waals surface area contributed by atoms with Crippen LogP contribution in [0.4, 0.5) is 11.5 Å². The highest BCUT2D eigenvalue weighted by molar-refractivity contribution is 6.30. The largest absolute Gasteiger partial charge is 0.494 e. The van der Waals surface area contributed by atoms with Gasteiger partial charge in [-0.25, -0.2) is 4.68 Å². The summed E-state index contributed by atoms with van der Waals surface area (Å²) in [5, 5.41) is 10.9. The van der Waals surface area contributed by atoms with Crippen molar-refractivity contribution in [3.63, 3.8) is 0 Å². The average Bonchev–Trinajstić information content (AvgIpc) is 3.05. The molecule has 1 atom stereocenters. The summed E-state index contributed by atoms with van der Waals surface area (Å²) in [5.41, 5.74) is 2.90. The summed E-state index contributed by atoms with van der Waals surface area (Å²) in [6, 6.07) is 13.7. The van der Waals surface area contributed by atoms with Crippen molar-refractivity contribution >= 4 is 34.9 Å². The Morgan fingerprint density at radius 1 is 1.30 bits per heavy atom. The highest BCUT2D eigenvalue weighted by Crippen LogP contribution is 2.35. The maximum Gasteiger partial charge on any atom is 0.249 e. The van der Waals surface area contributed by atoms with Crippen molar-refractivity contribution in [2.45, 2.75) is 26.3 Å². The third-order valence-corrected chi connectivity index (χ3v) is 5.15. The van der Waals surface area contributed by atoms with Crippen LogP contribution in [0.15, 0.2) is 48.5 Å². The maximum atomic E-state index is 13.0. The molecule has 2 N–H and O–H groups in total. The Morgan fingerprint density at radius 2 is 2.07 bits per heavy atom. The quantitative estimate of drug-likeness (QED) is 0.634. The van der Waals surface area contributed by atoms with E-state index in [-0.39, 0.29) is 18.2 Å². The van der Waals surface area contributed by atoms with Gasteiger partial charge in [-0.05, 0) is 50.2 Å². The molecule has 2 heterocycles. The van der Waals surface area contributed by atoms with Crippen LogP contribution in [-0.2, 0) is 9.59 Å². The lowest BCUT2D eigenvalue weighted by molar-refractivity contribution is -0.125. The van der Waals surface area contributed by atoms with Crippen molar-refractivity contribution in [1.29, 1.82) is 0 Å². The summed E-state index contributed by atoms with van der Waals surface area (Å²) >= 11 is 6.12. The number of rotatable bonds is 5. The molecule has 1 aliphatic heterocycles. The van der Waals surface area contributed by atoms with E-state index in [9.17, 15) is 9.59 Å². The second-order valence-corrected chi connectivity index (χ2v) is 7.43. The number of benzene rings is 2. The number of halogens is 1. The Morgan fingerprint density at radius 3 is 2.77 bits per heavy atom. The molecule has 1 aromatic heterocycles. The van der Waals surface area contributed by atoms with Gasteiger partial charge >= 0.3 is 0 Å². The van der Waals surface area contributed by atoms with Gasteiger partial charge in [-0.3, -0.25) is 9.59 Å². The van der Waals surface area contributed by atoms with E-state index in [2.05, 4.69) is 15.7 Å². The first-order chi connectivity index (χ1) is 14.5. The van der Waals surface area contributed by atoms with Crippen LogP contribution >= 0.6 is 11.6 Å². The standard InChI is InChI=1S/C22H21ClN4O3/c1-3-30-17-9-7-16(8-10-17)24-22(29)18-12-19(28)25-21-13(2)20(26-27(18)21)14-5-4-6-15(23)11-14/h4-11,18H,3,12H2,1-2H3,(H,24,29)(H,25,28)/t18-/m0/s1. The van der Waals surface area contributed by atoms with Crippen LogP contribution in [0, 0.1) is 6.92 Å². The van der Waals surface area contributed by atoms with Crippen molar-refractivity contribution in [2.75, 3.05) is 17.2 Å². The number of anilines is 2. The molecule has 8 heteroatoms. The average molecular weight is 425 g/mol. The van der Waals surface area contributed by atoms with E-state index in [1.807, 2.05) is 26.0 Å². The molecule has 1 aliphatic rings. The minimum absolute atomic E-state index is 0.00592. The first-order valence-corrected chi connectivity index (χ1v) is 10.0. The van der Waals surface area contributed by atoms with Gasteiger partial charge < -0.3 is 15.4 Å². The van der Waals surface area contributed by atoms with Crippen LogP contribution in [-0.4, -0.2) is 28.2 Å². The zero-order valence-corrected chi connectivity index (χ0v) is 17.4. The van der Waals surface area contributed by atoms with Gasteiger partial charge in [0.1, 0.15) is 17.6 Å². The van der Waals surface area contributed by atoms with Crippen molar-refractivity contribution in [3.05, 3.63) is 59.1 Å². The first kappa shape index (κ1) is 20.0. The van der Waals surface area contributed by atoms with Crippen LogP contribution < -0.4 is 15.4 Å². The van der Waals surface area contributed by atoms with Gasteiger partial charge in [-0.15, -0.1) is 0 Å². The number of fused-ring (bicyclic) bond motifs is 1. The first-order valence-electron chi connectivity index (χ1n) is 9.65. The highest BCUT2D eigenvalue weighted by atomic mass is 35.5. The Hall–Kier alpha value is -3.32. The summed E-state index contributed by atoms with van der Waals surface area (Å²) in [7, 11) is 0. The van der Waals surface area contributed by atoms with Crippen LogP contribution in [0.5, 0.6) is 5.75 Å². The van der Waals surface area contributed by atoms with Gasteiger partial charge in [0.05, 0.1) is 18.7 Å². The van der Waals surface area contributed by atoms with Crippen LogP contribution in [0.1, 0.15) is 24.9 Å². The lowest BCUT2D eigenvalue weighted by Crippen LogP contribution is -2.35. The molecule has 7 nitrogen and oxygen atoms in total.